The number of nitrogens with zero attached hydrogens (tertiary/aromatic N) is 1. The first-order valence-electron chi connectivity index (χ1n) is 7.00. The fourth-order valence-electron chi connectivity index (χ4n) is 2.42. The summed E-state index contributed by atoms with van der Waals surface area (Å²) in [6.07, 6.45) is 1.94. The van der Waals surface area contributed by atoms with Crippen molar-refractivity contribution in [1.82, 2.24) is 4.90 Å². The highest BCUT2D eigenvalue weighted by Crippen LogP contribution is 2.26. The SMILES string of the molecule is CCCN(CCO)C(c1ccc(Cl)cc1)C(N)CC. The number of aliphatic hydroxyl groups excluding tert-OH is 1. The van der Waals surface area contributed by atoms with Gasteiger partial charge >= 0.3 is 0 Å². The highest BCUT2D eigenvalue weighted by molar-refractivity contribution is 6.30. The predicted octanol–water partition coefficient (Wildman–Crippen LogP) is 2.82. The van der Waals surface area contributed by atoms with Crippen LogP contribution in [0.15, 0.2) is 24.3 Å². The Balaban J connectivity index is 3.00. The molecule has 0 saturated heterocycles. The maximum absolute atomic E-state index is 9.25. The van der Waals surface area contributed by atoms with Crippen LogP contribution in [0.1, 0.15) is 38.3 Å². The van der Waals surface area contributed by atoms with Crippen LogP contribution in [-0.2, 0) is 0 Å². The maximum atomic E-state index is 9.25. The summed E-state index contributed by atoms with van der Waals surface area (Å²) in [5.41, 5.74) is 7.46. The number of nitrogens with two attached hydrogens (primary N) is 1. The summed E-state index contributed by atoms with van der Waals surface area (Å²) in [5.74, 6) is 0. The minimum atomic E-state index is 0.0549. The third-order valence-electron chi connectivity index (χ3n) is 3.38. The van der Waals surface area contributed by atoms with E-state index in [1.165, 1.54) is 5.56 Å². The molecule has 2 atom stereocenters. The van der Waals surface area contributed by atoms with Crippen LogP contribution < -0.4 is 5.73 Å². The summed E-state index contributed by atoms with van der Waals surface area (Å²) < 4.78 is 0. The summed E-state index contributed by atoms with van der Waals surface area (Å²) in [6.45, 7) is 5.97. The summed E-state index contributed by atoms with van der Waals surface area (Å²) in [5, 5.41) is 9.99. The lowest BCUT2D eigenvalue weighted by Crippen LogP contribution is -2.42. The predicted molar refractivity (Wildman–Crippen MR) is 81.4 cm³/mol. The zero-order valence-electron chi connectivity index (χ0n) is 11.8. The van der Waals surface area contributed by atoms with Gasteiger partial charge in [-0.2, -0.15) is 0 Å². The van der Waals surface area contributed by atoms with Gasteiger partial charge in [-0.1, -0.05) is 37.6 Å². The van der Waals surface area contributed by atoms with E-state index in [1.807, 2.05) is 24.3 Å². The zero-order chi connectivity index (χ0) is 14.3. The summed E-state index contributed by atoms with van der Waals surface area (Å²) >= 11 is 5.95. The number of aliphatic hydroxyl groups is 1. The second kappa shape index (κ2) is 8.54. The van der Waals surface area contributed by atoms with E-state index in [1.54, 1.807) is 0 Å². The number of benzene rings is 1. The van der Waals surface area contributed by atoms with Gasteiger partial charge in [0.1, 0.15) is 0 Å². The summed E-state index contributed by atoms with van der Waals surface area (Å²) in [4.78, 5) is 2.26. The molecule has 0 aliphatic heterocycles. The third kappa shape index (κ3) is 4.77. The van der Waals surface area contributed by atoms with Crippen molar-refractivity contribution in [3.05, 3.63) is 34.9 Å². The first kappa shape index (κ1) is 16.4. The molecule has 3 N–H and O–H groups in total. The van der Waals surface area contributed by atoms with Crippen LogP contribution in [-0.4, -0.2) is 35.7 Å². The molecule has 1 aromatic carbocycles. The largest absolute Gasteiger partial charge is 0.395 e. The smallest absolute Gasteiger partial charge is 0.0558 e. The average Bonchev–Trinajstić information content (AvgIpc) is 2.41. The van der Waals surface area contributed by atoms with Gasteiger partial charge in [-0.05, 0) is 37.1 Å². The van der Waals surface area contributed by atoms with E-state index in [4.69, 9.17) is 17.3 Å². The van der Waals surface area contributed by atoms with Crippen LogP contribution in [0, 0.1) is 0 Å². The second-order valence-corrected chi connectivity index (χ2v) is 5.26. The minimum absolute atomic E-state index is 0.0549. The van der Waals surface area contributed by atoms with E-state index in [-0.39, 0.29) is 18.7 Å². The molecule has 0 heterocycles. The quantitative estimate of drug-likeness (QED) is 0.772. The fourth-order valence-corrected chi connectivity index (χ4v) is 2.54. The van der Waals surface area contributed by atoms with Crippen LogP contribution in [0.4, 0.5) is 0 Å². The van der Waals surface area contributed by atoms with E-state index in [0.29, 0.717) is 6.54 Å². The van der Waals surface area contributed by atoms with Gasteiger partial charge in [0, 0.05) is 23.7 Å². The highest BCUT2D eigenvalue weighted by Gasteiger charge is 2.24. The van der Waals surface area contributed by atoms with Gasteiger partial charge in [0.25, 0.3) is 0 Å². The molecule has 0 fully saturated rings. The molecule has 108 valence electrons. The molecule has 0 bridgehead atoms. The molecule has 1 aromatic rings. The van der Waals surface area contributed by atoms with E-state index in [2.05, 4.69) is 18.7 Å². The zero-order valence-corrected chi connectivity index (χ0v) is 12.6. The molecular formula is C15H25ClN2O. The Hall–Kier alpha value is -0.610. The Kier molecular flexibility index (Phi) is 7.39. The number of hydrogen-bond donors (Lipinski definition) is 2. The topological polar surface area (TPSA) is 49.5 Å². The normalized spacial score (nSPS) is 14.6. The second-order valence-electron chi connectivity index (χ2n) is 4.83. The summed E-state index contributed by atoms with van der Waals surface area (Å²) in [7, 11) is 0. The molecule has 0 aromatic heterocycles. The first-order chi connectivity index (χ1) is 9.13. The Morgan fingerprint density at radius 1 is 1.21 bits per heavy atom. The van der Waals surface area contributed by atoms with E-state index in [0.717, 1.165) is 24.4 Å². The van der Waals surface area contributed by atoms with Gasteiger partial charge < -0.3 is 10.8 Å². The molecule has 0 aliphatic rings. The van der Waals surface area contributed by atoms with Gasteiger partial charge in [0.2, 0.25) is 0 Å². The highest BCUT2D eigenvalue weighted by atomic mass is 35.5. The lowest BCUT2D eigenvalue weighted by Gasteiger charge is -2.35. The standard InChI is InChI=1S/C15H25ClN2O/c1-3-9-18(10-11-19)15(14(17)4-2)12-5-7-13(16)8-6-12/h5-8,14-15,19H,3-4,9-11,17H2,1-2H3. The molecule has 4 heteroatoms. The van der Waals surface area contributed by atoms with Crippen molar-refractivity contribution in [3.8, 4) is 0 Å². The lowest BCUT2D eigenvalue weighted by molar-refractivity contribution is 0.132. The molecule has 0 amide bonds. The monoisotopic (exact) mass is 284 g/mol. The van der Waals surface area contributed by atoms with E-state index >= 15 is 0 Å². The molecule has 0 radical (unpaired) electrons. The van der Waals surface area contributed by atoms with Crippen molar-refractivity contribution in [1.29, 1.82) is 0 Å². The Bertz CT molecular complexity index is 350. The minimum Gasteiger partial charge on any atom is -0.395 e. The van der Waals surface area contributed by atoms with Crippen LogP contribution in [0.2, 0.25) is 5.02 Å². The molecule has 2 unspecified atom stereocenters. The molecule has 3 nitrogen and oxygen atoms in total. The molecule has 1 rings (SSSR count). The average molecular weight is 285 g/mol. The van der Waals surface area contributed by atoms with Crippen LogP contribution >= 0.6 is 11.6 Å². The van der Waals surface area contributed by atoms with E-state index in [9.17, 15) is 5.11 Å². The van der Waals surface area contributed by atoms with Gasteiger partial charge in [-0.25, -0.2) is 0 Å². The Morgan fingerprint density at radius 2 is 1.84 bits per heavy atom. The maximum Gasteiger partial charge on any atom is 0.0558 e. The Labute approximate surface area is 121 Å². The van der Waals surface area contributed by atoms with Crippen LogP contribution in [0.25, 0.3) is 0 Å². The molecule has 0 spiro atoms. The third-order valence-corrected chi connectivity index (χ3v) is 3.63. The molecule has 0 aliphatic carbocycles. The van der Waals surface area contributed by atoms with Gasteiger partial charge in [0.15, 0.2) is 0 Å². The lowest BCUT2D eigenvalue weighted by atomic mass is 9.96. The number of rotatable bonds is 8. The van der Waals surface area contributed by atoms with Crippen molar-refractivity contribution < 1.29 is 5.11 Å². The molecule has 0 saturated carbocycles. The van der Waals surface area contributed by atoms with Crippen LogP contribution in [0.5, 0.6) is 0 Å². The van der Waals surface area contributed by atoms with Crippen molar-refractivity contribution >= 4 is 11.6 Å². The van der Waals surface area contributed by atoms with Gasteiger partial charge in [-0.15, -0.1) is 0 Å². The summed E-state index contributed by atoms with van der Waals surface area (Å²) in [6, 6.07) is 8.05. The van der Waals surface area contributed by atoms with Crippen molar-refractivity contribution in [2.24, 2.45) is 5.73 Å². The Morgan fingerprint density at radius 3 is 2.32 bits per heavy atom. The van der Waals surface area contributed by atoms with Crippen molar-refractivity contribution in [2.45, 2.75) is 38.8 Å². The number of halogens is 1. The van der Waals surface area contributed by atoms with Crippen molar-refractivity contribution in [2.75, 3.05) is 19.7 Å². The molecular weight excluding hydrogens is 260 g/mol. The van der Waals surface area contributed by atoms with E-state index < -0.39 is 0 Å². The first-order valence-corrected chi connectivity index (χ1v) is 7.37. The molecule has 19 heavy (non-hydrogen) atoms. The fraction of sp³-hybridized carbons (Fsp3) is 0.600. The number of hydrogen-bond acceptors (Lipinski definition) is 3. The van der Waals surface area contributed by atoms with Crippen LogP contribution in [0.3, 0.4) is 0 Å². The van der Waals surface area contributed by atoms with Gasteiger partial charge in [0.05, 0.1) is 6.61 Å². The van der Waals surface area contributed by atoms with Crippen molar-refractivity contribution in [3.63, 3.8) is 0 Å². The van der Waals surface area contributed by atoms with Gasteiger partial charge in [-0.3, -0.25) is 4.90 Å².